The van der Waals surface area contributed by atoms with Crippen molar-refractivity contribution in [1.82, 2.24) is 9.80 Å². The summed E-state index contributed by atoms with van der Waals surface area (Å²) >= 11 is 2.05. The molecule has 25 heavy (non-hydrogen) atoms. The fourth-order valence-electron chi connectivity index (χ4n) is 3.71. The first-order chi connectivity index (χ1) is 12.2. The summed E-state index contributed by atoms with van der Waals surface area (Å²) in [7, 11) is 1.54. The van der Waals surface area contributed by atoms with E-state index >= 15 is 0 Å². The number of thioether (sulfide) groups is 1. The number of hydrogen-bond donors (Lipinski definition) is 1. The molecule has 2 heterocycles. The molecule has 0 aromatic heterocycles. The second-order valence-electron chi connectivity index (χ2n) is 6.77. The van der Waals surface area contributed by atoms with Crippen LogP contribution >= 0.6 is 11.8 Å². The monoisotopic (exact) mass is 364 g/mol. The van der Waals surface area contributed by atoms with Crippen LogP contribution in [-0.4, -0.2) is 71.6 Å². The molecule has 0 spiro atoms. The Balaban J connectivity index is 1.45. The lowest BCUT2D eigenvalue weighted by Gasteiger charge is -2.40. The van der Waals surface area contributed by atoms with Gasteiger partial charge in [-0.25, -0.2) is 0 Å². The second-order valence-corrected chi connectivity index (χ2v) is 7.99. The van der Waals surface area contributed by atoms with Gasteiger partial charge in [0.25, 0.3) is 0 Å². The maximum absolute atomic E-state index is 12.5. The van der Waals surface area contributed by atoms with Crippen LogP contribution in [0.5, 0.6) is 11.5 Å². The highest BCUT2D eigenvalue weighted by Crippen LogP contribution is 2.27. The van der Waals surface area contributed by atoms with Gasteiger partial charge in [-0.2, -0.15) is 11.8 Å². The minimum Gasteiger partial charge on any atom is -0.504 e. The number of ether oxygens (including phenoxy) is 1. The number of piperidine rings is 1. The number of carbonyl (C=O) groups is 1. The van der Waals surface area contributed by atoms with Crippen LogP contribution in [-0.2, 0) is 11.2 Å². The van der Waals surface area contributed by atoms with Crippen LogP contribution < -0.4 is 4.74 Å². The van der Waals surface area contributed by atoms with Crippen molar-refractivity contribution in [3.8, 4) is 11.5 Å². The molecule has 2 aliphatic heterocycles. The van der Waals surface area contributed by atoms with Crippen molar-refractivity contribution in [3.63, 3.8) is 0 Å². The number of methoxy groups -OCH3 is 1. The minimum atomic E-state index is 0.135. The lowest BCUT2D eigenvalue weighted by atomic mass is 10.0. The SMILES string of the molecule is COc1cc(CCC(=O)N2CCC(N3CCSCC3)CC2)ccc1O. The summed E-state index contributed by atoms with van der Waals surface area (Å²) in [6.07, 6.45) is 3.39. The fraction of sp³-hybridized carbons (Fsp3) is 0.632. The predicted octanol–water partition coefficient (Wildman–Crippen LogP) is 2.37. The summed E-state index contributed by atoms with van der Waals surface area (Å²) in [5.74, 6) is 3.32. The third-order valence-electron chi connectivity index (χ3n) is 5.25. The van der Waals surface area contributed by atoms with Crippen LogP contribution in [0, 0.1) is 0 Å². The summed E-state index contributed by atoms with van der Waals surface area (Å²) in [6.45, 7) is 4.16. The summed E-state index contributed by atoms with van der Waals surface area (Å²) in [4.78, 5) is 17.1. The number of aryl methyl sites for hydroxylation is 1. The highest BCUT2D eigenvalue weighted by molar-refractivity contribution is 7.99. The van der Waals surface area contributed by atoms with Gasteiger partial charge in [-0.15, -0.1) is 0 Å². The largest absolute Gasteiger partial charge is 0.504 e. The minimum absolute atomic E-state index is 0.135. The number of rotatable bonds is 5. The molecule has 0 radical (unpaired) electrons. The van der Waals surface area contributed by atoms with Crippen molar-refractivity contribution in [3.05, 3.63) is 23.8 Å². The second kappa shape index (κ2) is 8.81. The highest BCUT2D eigenvalue weighted by atomic mass is 32.2. The van der Waals surface area contributed by atoms with Crippen molar-refractivity contribution >= 4 is 17.7 Å². The zero-order valence-electron chi connectivity index (χ0n) is 14.9. The van der Waals surface area contributed by atoms with Crippen LogP contribution in [0.1, 0.15) is 24.8 Å². The molecule has 0 aliphatic carbocycles. The van der Waals surface area contributed by atoms with E-state index in [1.807, 2.05) is 28.8 Å². The molecule has 1 amide bonds. The zero-order valence-corrected chi connectivity index (χ0v) is 15.8. The number of nitrogens with zero attached hydrogens (tertiary/aromatic N) is 2. The number of carbonyl (C=O) groups excluding carboxylic acids is 1. The summed E-state index contributed by atoms with van der Waals surface area (Å²) in [5.41, 5.74) is 1.02. The van der Waals surface area contributed by atoms with E-state index in [4.69, 9.17) is 4.74 Å². The predicted molar refractivity (Wildman–Crippen MR) is 101 cm³/mol. The van der Waals surface area contributed by atoms with Gasteiger partial charge in [-0.3, -0.25) is 9.69 Å². The lowest BCUT2D eigenvalue weighted by molar-refractivity contribution is -0.132. The van der Waals surface area contributed by atoms with Gasteiger partial charge in [0.05, 0.1) is 7.11 Å². The number of hydrogen-bond acceptors (Lipinski definition) is 5. The Morgan fingerprint density at radius 2 is 1.96 bits per heavy atom. The van der Waals surface area contributed by atoms with Crippen LogP contribution in [0.15, 0.2) is 18.2 Å². The first-order valence-corrected chi connectivity index (χ1v) is 10.3. The normalized spacial score (nSPS) is 19.8. The first-order valence-electron chi connectivity index (χ1n) is 9.13. The van der Waals surface area contributed by atoms with Crippen LogP contribution in [0.4, 0.5) is 0 Å². The Morgan fingerprint density at radius 1 is 1.24 bits per heavy atom. The molecule has 2 saturated heterocycles. The molecule has 1 aromatic carbocycles. The van der Waals surface area contributed by atoms with Crippen molar-refractivity contribution in [2.24, 2.45) is 0 Å². The molecule has 0 unspecified atom stereocenters. The first kappa shape index (κ1) is 18.4. The van der Waals surface area contributed by atoms with Crippen molar-refractivity contribution in [2.45, 2.75) is 31.7 Å². The Hall–Kier alpha value is -1.40. The molecule has 5 nitrogen and oxygen atoms in total. The third-order valence-corrected chi connectivity index (χ3v) is 6.19. The quantitative estimate of drug-likeness (QED) is 0.869. The van der Waals surface area contributed by atoms with Gasteiger partial charge in [0.15, 0.2) is 11.5 Å². The number of aromatic hydroxyl groups is 1. The highest BCUT2D eigenvalue weighted by Gasteiger charge is 2.27. The Kier molecular flexibility index (Phi) is 6.48. The lowest BCUT2D eigenvalue weighted by Crippen LogP contribution is -2.49. The molecular weight excluding hydrogens is 336 g/mol. The van der Waals surface area contributed by atoms with E-state index in [0.29, 0.717) is 24.6 Å². The molecule has 1 N–H and O–H groups in total. The van der Waals surface area contributed by atoms with E-state index in [0.717, 1.165) is 31.5 Å². The van der Waals surface area contributed by atoms with Crippen molar-refractivity contribution in [1.29, 1.82) is 0 Å². The molecule has 2 fully saturated rings. The molecule has 2 aliphatic rings. The summed E-state index contributed by atoms with van der Waals surface area (Å²) < 4.78 is 5.13. The molecule has 0 bridgehead atoms. The Bertz CT molecular complexity index is 582. The van der Waals surface area contributed by atoms with Gasteiger partial charge in [-0.1, -0.05) is 6.07 Å². The number of phenols is 1. The topological polar surface area (TPSA) is 53.0 Å². The zero-order chi connectivity index (χ0) is 17.6. The molecule has 0 saturated carbocycles. The molecule has 3 rings (SSSR count). The van der Waals surface area contributed by atoms with E-state index in [2.05, 4.69) is 4.90 Å². The number of benzene rings is 1. The van der Waals surface area contributed by atoms with Gasteiger partial charge in [0, 0.05) is 50.1 Å². The maximum atomic E-state index is 12.5. The van der Waals surface area contributed by atoms with Gasteiger partial charge in [0.1, 0.15) is 0 Å². The third kappa shape index (κ3) is 4.82. The molecule has 6 heteroatoms. The van der Waals surface area contributed by atoms with Gasteiger partial charge >= 0.3 is 0 Å². The van der Waals surface area contributed by atoms with Crippen LogP contribution in [0.3, 0.4) is 0 Å². The van der Waals surface area contributed by atoms with Crippen LogP contribution in [0.25, 0.3) is 0 Å². The number of phenolic OH excluding ortho intramolecular Hbond substituents is 1. The maximum Gasteiger partial charge on any atom is 0.222 e. The van der Waals surface area contributed by atoms with Gasteiger partial charge in [-0.05, 0) is 37.0 Å². The summed E-state index contributed by atoms with van der Waals surface area (Å²) in [5, 5.41) is 9.64. The standard InChI is InChI=1S/C19H28N2O3S/c1-24-18-14-15(2-4-17(18)22)3-5-19(23)21-8-6-16(7-9-21)20-10-12-25-13-11-20/h2,4,14,16,22H,3,5-13H2,1H3. The molecule has 0 atom stereocenters. The Morgan fingerprint density at radius 3 is 2.64 bits per heavy atom. The van der Waals surface area contributed by atoms with Gasteiger partial charge < -0.3 is 14.7 Å². The van der Waals surface area contributed by atoms with Crippen molar-refractivity contribution < 1.29 is 14.6 Å². The van der Waals surface area contributed by atoms with E-state index < -0.39 is 0 Å². The number of amides is 1. The van der Waals surface area contributed by atoms with E-state index in [-0.39, 0.29) is 11.7 Å². The smallest absolute Gasteiger partial charge is 0.222 e. The van der Waals surface area contributed by atoms with E-state index in [1.54, 1.807) is 6.07 Å². The van der Waals surface area contributed by atoms with Crippen LogP contribution in [0.2, 0.25) is 0 Å². The Labute approximate surface area is 154 Å². The van der Waals surface area contributed by atoms with Crippen molar-refractivity contribution in [2.75, 3.05) is 44.8 Å². The van der Waals surface area contributed by atoms with E-state index in [9.17, 15) is 9.90 Å². The molecule has 1 aromatic rings. The van der Waals surface area contributed by atoms with Gasteiger partial charge in [0.2, 0.25) is 5.91 Å². The van der Waals surface area contributed by atoms with E-state index in [1.165, 1.54) is 31.7 Å². The fourth-order valence-corrected chi connectivity index (χ4v) is 4.64. The average molecular weight is 365 g/mol. The molecule has 138 valence electrons. The number of likely N-dealkylation sites (tertiary alicyclic amines) is 1. The summed E-state index contributed by atoms with van der Waals surface area (Å²) in [6, 6.07) is 5.95. The average Bonchev–Trinajstić information content (AvgIpc) is 2.68. The molecular formula is C19H28N2O3S.